The molecule has 0 bridgehead atoms. The van der Waals surface area contributed by atoms with E-state index >= 15 is 0 Å². The molecule has 2 nitrogen and oxygen atoms in total. The highest BCUT2D eigenvalue weighted by molar-refractivity contribution is 6.31. The van der Waals surface area contributed by atoms with Crippen LogP contribution >= 0.6 is 11.6 Å². The number of ether oxygens (including phenoxy) is 2. The molecular formula is C19H17ClF2O2. The van der Waals surface area contributed by atoms with Gasteiger partial charge in [-0.25, -0.2) is 8.78 Å². The summed E-state index contributed by atoms with van der Waals surface area (Å²) in [5, 5.41) is 0.566. The Balaban J connectivity index is 1.90. The van der Waals surface area contributed by atoms with Crippen molar-refractivity contribution in [3.63, 3.8) is 0 Å². The van der Waals surface area contributed by atoms with Gasteiger partial charge in [0.05, 0.1) is 12.5 Å². The van der Waals surface area contributed by atoms with E-state index in [0.29, 0.717) is 17.2 Å². The van der Waals surface area contributed by atoms with Gasteiger partial charge in [0, 0.05) is 23.4 Å². The number of halogens is 3. The SMILES string of the molecule is COc1ccc(C23CCC(F)(F)CC2Oc2cccc(Cl)c23)cc1. The molecule has 0 saturated heterocycles. The van der Waals surface area contributed by atoms with Crippen LogP contribution in [-0.2, 0) is 5.41 Å². The van der Waals surface area contributed by atoms with Crippen LogP contribution < -0.4 is 9.47 Å². The molecule has 2 aliphatic rings. The van der Waals surface area contributed by atoms with Crippen LogP contribution in [0.15, 0.2) is 42.5 Å². The first-order valence-electron chi connectivity index (χ1n) is 7.94. The van der Waals surface area contributed by atoms with E-state index in [1.54, 1.807) is 19.2 Å². The Bertz CT molecular complexity index is 775. The summed E-state index contributed by atoms with van der Waals surface area (Å²) in [6.45, 7) is 0. The first-order valence-corrected chi connectivity index (χ1v) is 8.32. The lowest BCUT2D eigenvalue weighted by atomic mass is 9.63. The Morgan fingerprint density at radius 3 is 2.58 bits per heavy atom. The van der Waals surface area contributed by atoms with Gasteiger partial charge in [0.1, 0.15) is 17.6 Å². The third kappa shape index (κ3) is 2.20. The second-order valence-corrected chi connectivity index (χ2v) is 6.89. The molecule has 1 aliphatic heterocycles. The zero-order valence-electron chi connectivity index (χ0n) is 13.2. The predicted molar refractivity (Wildman–Crippen MR) is 88.4 cm³/mol. The first kappa shape index (κ1) is 15.7. The van der Waals surface area contributed by atoms with E-state index in [4.69, 9.17) is 21.1 Å². The largest absolute Gasteiger partial charge is 0.497 e. The van der Waals surface area contributed by atoms with Crippen molar-refractivity contribution in [3.05, 3.63) is 58.6 Å². The van der Waals surface area contributed by atoms with Gasteiger partial charge in [-0.2, -0.15) is 0 Å². The van der Waals surface area contributed by atoms with E-state index in [1.807, 2.05) is 30.3 Å². The van der Waals surface area contributed by atoms with Crippen LogP contribution in [0, 0.1) is 0 Å². The predicted octanol–water partition coefficient (Wildman–Crippen LogP) is 5.21. The second-order valence-electron chi connectivity index (χ2n) is 6.48. The molecule has 2 unspecified atom stereocenters. The van der Waals surface area contributed by atoms with Gasteiger partial charge in [0.15, 0.2) is 0 Å². The number of alkyl halides is 2. The summed E-state index contributed by atoms with van der Waals surface area (Å²) in [5.41, 5.74) is 1.13. The third-order valence-electron chi connectivity index (χ3n) is 5.21. The molecule has 2 aromatic rings. The van der Waals surface area contributed by atoms with Crippen LogP contribution in [0.3, 0.4) is 0 Å². The lowest BCUT2D eigenvalue weighted by molar-refractivity contribution is -0.0829. The van der Waals surface area contributed by atoms with Gasteiger partial charge in [-0.05, 0) is 36.2 Å². The molecule has 1 fully saturated rings. The van der Waals surface area contributed by atoms with Crippen molar-refractivity contribution in [2.24, 2.45) is 0 Å². The van der Waals surface area contributed by atoms with E-state index in [9.17, 15) is 8.78 Å². The Kier molecular flexibility index (Phi) is 3.50. The Hall–Kier alpha value is -1.81. The summed E-state index contributed by atoms with van der Waals surface area (Å²) in [7, 11) is 1.60. The summed E-state index contributed by atoms with van der Waals surface area (Å²) in [6.07, 6.45) is -0.800. The molecule has 0 spiro atoms. The average molecular weight is 351 g/mol. The topological polar surface area (TPSA) is 18.5 Å². The maximum Gasteiger partial charge on any atom is 0.251 e. The molecule has 1 aliphatic carbocycles. The van der Waals surface area contributed by atoms with E-state index in [2.05, 4.69) is 0 Å². The molecule has 2 aromatic carbocycles. The van der Waals surface area contributed by atoms with E-state index < -0.39 is 17.4 Å². The maximum atomic E-state index is 14.0. The van der Waals surface area contributed by atoms with Crippen LogP contribution in [0.5, 0.6) is 11.5 Å². The van der Waals surface area contributed by atoms with Crippen LogP contribution in [-0.4, -0.2) is 19.1 Å². The second kappa shape index (κ2) is 5.35. The van der Waals surface area contributed by atoms with Crippen molar-refractivity contribution in [2.45, 2.75) is 36.7 Å². The molecule has 126 valence electrons. The highest BCUT2D eigenvalue weighted by Gasteiger charge is 2.58. The number of benzene rings is 2. The lowest BCUT2D eigenvalue weighted by Gasteiger charge is -2.42. The maximum absolute atomic E-state index is 14.0. The standard InChI is InChI=1S/C19H17ClF2O2/c1-23-13-7-5-12(6-8-13)19-10-9-18(21,22)11-16(19)24-15-4-2-3-14(20)17(15)19/h2-8,16H,9-11H2,1H3. The lowest BCUT2D eigenvalue weighted by Crippen LogP contribution is -2.48. The fourth-order valence-corrected chi connectivity index (χ4v) is 4.40. The fraction of sp³-hybridized carbons (Fsp3) is 0.368. The molecule has 0 N–H and O–H groups in total. The van der Waals surface area contributed by atoms with Crippen molar-refractivity contribution in [3.8, 4) is 11.5 Å². The summed E-state index contributed by atoms with van der Waals surface area (Å²) in [6, 6.07) is 12.9. The van der Waals surface area contributed by atoms with Crippen molar-refractivity contribution in [1.82, 2.24) is 0 Å². The quantitative estimate of drug-likeness (QED) is 0.739. The number of fused-ring (bicyclic) bond motifs is 3. The molecular weight excluding hydrogens is 334 g/mol. The van der Waals surface area contributed by atoms with Gasteiger partial charge in [-0.1, -0.05) is 29.8 Å². The summed E-state index contributed by atoms with van der Waals surface area (Å²) in [5.74, 6) is -1.37. The van der Waals surface area contributed by atoms with Crippen LogP contribution in [0.2, 0.25) is 5.02 Å². The molecule has 0 radical (unpaired) electrons. The Labute approximate surface area is 144 Å². The normalized spacial score (nSPS) is 27.1. The minimum Gasteiger partial charge on any atom is -0.497 e. The number of rotatable bonds is 2. The number of hydrogen-bond acceptors (Lipinski definition) is 2. The minimum atomic E-state index is -2.71. The molecule has 24 heavy (non-hydrogen) atoms. The molecule has 0 aromatic heterocycles. The molecule has 4 rings (SSSR count). The van der Waals surface area contributed by atoms with Gasteiger partial charge < -0.3 is 9.47 Å². The minimum absolute atomic E-state index is 0.177. The summed E-state index contributed by atoms with van der Waals surface area (Å²) >= 11 is 6.47. The van der Waals surface area contributed by atoms with Gasteiger partial charge >= 0.3 is 0 Å². The summed E-state index contributed by atoms with van der Waals surface area (Å²) < 4.78 is 39.2. The van der Waals surface area contributed by atoms with Crippen molar-refractivity contribution in [1.29, 1.82) is 0 Å². The average Bonchev–Trinajstić information content (AvgIpc) is 2.89. The van der Waals surface area contributed by atoms with E-state index in [-0.39, 0.29) is 12.8 Å². The van der Waals surface area contributed by atoms with Gasteiger partial charge in [0.25, 0.3) is 5.92 Å². The van der Waals surface area contributed by atoms with Crippen LogP contribution in [0.1, 0.15) is 30.4 Å². The molecule has 1 heterocycles. The Morgan fingerprint density at radius 1 is 1.12 bits per heavy atom. The smallest absolute Gasteiger partial charge is 0.251 e. The Morgan fingerprint density at radius 2 is 1.88 bits per heavy atom. The van der Waals surface area contributed by atoms with Gasteiger partial charge in [0.2, 0.25) is 0 Å². The zero-order valence-corrected chi connectivity index (χ0v) is 13.9. The molecule has 5 heteroatoms. The summed E-state index contributed by atoms with van der Waals surface area (Å²) in [4.78, 5) is 0. The third-order valence-corrected chi connectivity index (χ3v) is 5.53. The van der Waals surface area contributed by atoms with E-state index in [1.165, 1.54) is 0 Å². The molecule has 0 amide bonds. The van der Waals surface area contributed by atoms with Crippen molar-refractivity contribution < 1.29 is 18.3 Å². The number of methoxy groups -OCH3 is 1. The van der Waals surface area contributed by atoms with Crippen molar-refractivity contribution >= 4 is 11.6 Å². The molecule has 1 saturated carbocycles. The van der Waals surface area contributed by atoms with E-state index in [0.717, 1.165) is 16.9 Å². The van der Waals surface area contributed by atoms with Crippen LogP contribution in [0.4, 0.5) is 8.78 Å². The highest BCUT2D eigenvalue weighted by Crippen LogP contribution is 2.58. The monoisotopic (exact) mass is 350 g/mol. The number of hydrogen-bond donors (Lipinski definition) is 0. The van der Waals surface area contributed by atoms with Gasteiger partial charge in [-0.15, -0.1) is 0 Å². The molecule has 2 atom stereocenters. The van der Waals surface area contributed by atoms with Crippen molar-refractivity contribution in [2.75, 3.05) is 7.11 Å². The van der Waals surface area contributed by atoms with Crippen LogP contribution in [0.25, 0.3) is 0 Å². The van der Waals surface area contributed by atoms with Gasteiger partial charge in [-0.3, -0.25) is 0 Å². The highest BCUT2D eigenvalue weighted by atomic mass is 35.5. The zero-order chi connectivity index (χ0) is 16.9. The fourth-order valence-electron chi connectivity index (χ4n) is 4.07. The first-order chi connectivity index (χ1) is 11.5.